The third-order valence-corrected chi connectivity index (χ3v) is 4.18. The van der Waals surface area contributed by atoms with Crippen LogP contribution in [0.4, 0.5) is 0 Å². The summed E-state index contributed by atoms with van der Waals surface area (Å²) < 4.78 is 1.95. The van der Waals surface area contributed by atoms with E-state index in [0.29, 0.717) is 0 Å². The third kappa shape index (κ3) is 2.18. The molecule has 2 aromatic rings. The molecule has 78 valence electrons. The normalized spacial score (nSPS) is 11.7. The van der Waals surface area contributed by atoms with E-state index < -0.39 is 8.07 Å². The highest BCUT2D eigenvalue weighted by molar-refractivity contribution is 6.88. The van der Waals surface area contributed by atoms with Gasteiger partial charge in [-0.25, -0.2) is 4.68 Å². The van der Waals surface area contributed by atoms with Gasteiger partial charge in [0.05, 0.1) is 5.69 Å². The van der Waals surface area contributed by atoms with Crippen molar-refractivity contribution in [1.29, 1.82) is 0 Å². The van der Waals surface area contributed by atoms with Gasteiger partial charge in [0.1, 0.15) is 8.07 Å². The zero-order valence-corrected chi connectivity index (χ0v) is 10.4. The molecule has 2 rings (SSSR count). The van der Waals surface area contributed by atoms with E-state index in [1.165, 1.54) is 5.32 Å². The molecule has 2 nitrogen and oxygen atoms in total. The fourth-order valence-electron chi connectivity index (χ4n) is 1.45. The van der Waals surface area contributed by atoms with Crippen LogP contribution in [0.3, 0.4) is 0 Å². The molecular formula is C12H16N2Si. The Kier molecular flexibility index (Phi) is 2.48. The lowest BCUT2D eigenvalue weighted by Gasteiger charge is -2.11. The lowest BCUT2D eigenvalue weighted by molar-refractivity contribution is 0.890. The largest absolute Gasteiger partial charge is 0.241 e. The minimum atomic E-state index is -1.28. The molecule has 1 heterocycles. The van der Waals surface area contributed by atoms with Gasteiger partial charge in [-0.1, -0.05) is 37.8 Å². The third-order valence-electron chi connectivity index (χ3n) is 2.38. The molecule has 0 saturated carbocycles. The molecule has 0 radical (unpaired) electrons. The molecule has 0 aliphatic heterocycles. The molecule has 0 atom stereocenters. The number of benzene rings is 1. The SMILES string of the molecule is C[Si](C)(C)c1ccn(-c2ccccc2)n1. The first-order chi connectivity index (χ1) is 7.07. The monoisotopic (exact) mass is 216 g/mol. The first-order valence-corrected chi connectivity index (χ1v) is 8.69. The molecule has 0 aliphatic carbocycles. The summed E-state index contributed by atoms with van der Waals surface area (Å²) in [4.78, 5) is 0. The summed E-state index contributed by atoms with van der Waals surface area (Å²) in [6.07, 6.45) is 2.04. The van der Waals surface area contributed by atoms with Gasteiger partial charge in [0.25, 0.3) is 0 Å². The van der Waals surface area contributed by atoms with Gasteiger partial charge in [0, 0.05) is 11.5 Å². The minimum Gasteiger partial charge on any atom is -0.241 e. The lowest BCUT2D eigenvalue weighted by Crippen LogP contribution is -2.39. The van der Waals surface area contributed by atoms with Crippen LogP contribution in [0.2, 0.25) is 19.6 Å². The van der Waals surface area contributed by atoms with Crippen LogP contribution in [0.15, 0.2) is 42.6 Å². The van der Waals surface area contributed by atoms with E-state index in [1.807, 2.05) is 29.1 Å². The van der Waals surface area contributed by atoms with E-state index in [4.69, 9.17) is 0 Å². The van der Waals surface area contributed by atoms with Gasteiger partial charge in [-0.15, -0.1) is 0 Å². The Morgan fingerprint density at radius 3 is 2.20 bits per heavy atom. The van der Waals surface area contributed by atoms with Crippen LogP contribution in [0.25, 0.3) is 5.69 Å². The Bertz CT molecular complexity index is 440. The Hall–Kier alpha value is -1.35. The highest BCUT2D eigenvalue weighted by atomic mass is 28.3. The quantitative estimate of drug-likeness (QED) is 0.705. The van der Waals surface area contributed by atoms with Gasteiger partial charge in [0.2, 0.25) is 0 Å². The zero-order chi connectivity index (χ0) is 10.9. The molecule has 3 heteroatoms. The smallest absolute Gasteiger partial charge is 0.104 e. The van der Waals surface area contributed by atoms with Crippen LogP contribution < -0.4 is 5.32 Å². The van der Waals surface area contributed by atoms with Crippen LogP contribution in [-0.4, -0.2) is 17.9 Å². The molecular weight excluding hydrogens is 200 g/mol. The van der Waals surface area contributed by atoms with Crippen molar-refractivity contribution in [2.45, 2.75) is 19.6 Å². The van der Waals surface area contributed by atoms with Crippen molar-refractivity contribution in [3.8, 4) is 5.69 Å². The second-order valence-electron chi connectivity index (χ2n) is 4.73. The zero-order valence-electron chi connectivity index (χ0n) is 9.44. The molecule has 15 heavy (non-hydrogen) atoms. The van der Waals surface area contributed by atoms with Crippen molar-refractivity contribution in [3.05, 3.63) is 42.6 Å². The Morgan fingerprint density at radius 1 is 1.00 bits per heavy atom. The Balaban J connectivity index is 2.37. The fraction of sp³-hybridized carbons (Fsp3) is 0.250. The van der Waals surface area contributed by atoms with E-state index in [2.05, 4.69) is 42.9 Å². The standard InChI is InChI=1S/C12H16N2Si/c1-15(2,3)12-9-10-14(13-12)11-7-5-4-6-8-11/h4-10H,1-3H3. The summed E-state index contributed by atoms with van der Waals surface area (Å²) >= 11 is 0. The number of aromatic nitrogens is 2. The van der Waals surface area contributed by atoms with Crippen LogP contribution >= 0.6 is 0 Å². The molecule has 0 unspecified atom stereocenters. The Labute approximate surface area is 91.6 Å². The van der Waals surface area contributed by atoms with Gasteiger partial charge in [-0.2, -0.15) is 5.10 Å². The maximum atomic E-state index is 4.63. The second-order valence-corrected chi connectivity index (χ2v) is 9.74. The van der Waals surface area contributed by atoms with Crippen molar-refractivity contribution in [2.75, 3.05) is 0 Å². The Morgan fingerprint density at radius 2 is 1.67 bits per heavy atom. The number of hydrogen-bond donors (Lipinski definition) is 0. The number of para-hydroxylation sites is 1. The molecule has 0 aliphatic rings. The second kappa shape index (κ2) is 3.66. The molecule has 0 N–H and O–H groups in total. The maximum absolute atomic E-state index is 4.63. The molecule has 1 aromatic heterocycles. The summed E-state index contributed by atoms with van der Waals surface area (Å²) in [5.74, 6) is 0. The highest BCUT2D eigenvalue weighted by Crippen LogP contribution is 2.06. The maximum Gasteiger partial charge on any atom is 0.104 e. The predicted octanol–water partition coefficient (Wildman–Crippen LogP) is 2.42. The van der Waals surface area contributed by atoms with E-state index >= 15 is 0 Å². The first-order valence-electron chi connectivity index (χ1n) is 5.19. The van der Waals surface area contributed by atoms with Crippen molar-refractivity contribution in [3.63, 3.8) is 0 Å². The molecule has 1 aromatic carbocycles. The first kappa shape index (κ1) is 10.2. The van der Waals surface area contributed by atoms with Crippen molar-refractivity contribution in [2.24, 2.45) is 0 Å². The molecule has 0 amide bonds. The summed E-state index contributed by atoms with van der Waals surface area (Å²) in [6, 6.07) is 12.4. The molecule has 0 saturated heterocycles. The van der Waals surface area contributed by atoms with Crippen LogP contribution in [0, 0.1) is 0 Å². The molecule has 0 bridgehead atoms. The number of hydrogen-bond acceptors (Lipinski definition) is 1. The number of nitrogens with zero attached hydrogens (tertiary/aromatic N) is 2. The topological polar surface area (TPSA) is 17.8 Å². The van der Waals surface area contributed by atoms with Gasteiger partial charge in [-0.3, -0.25) is 0 Å². The molecule has 0 spiro atoms. The van der Waals surface area contributed by atoms with Crippen molar-refractivity contribution >= 4 is 13.4 Å². The van der Waals surface area contributed by atoms with E-state index in [-0.39, 0.29) is 0 Å². The minimum absolute atomic E-state index is 1.13. The number of rotatable bonds is 2. The van der Waals surface area contributed by atoms with Crippen LogP contribution in [0.5, 0.6) is 0 Å². The van der Waals surface area contributed by atoms with Crippen LogP contribution in [-0.2, 0) is 0 Å². The van der Waals surface area contributed by atoms with Crippen molar-refractivity contribution < 1.29 is 0 Å². The summed E-state index contributed by atoms with van der Waals surface area (Å²) in [7, 11) is -1.28. The van der Waals surface area contributed by atoms with Gasteiger partial charge in [-0.05, 0) is 18.2 Å². The lowest BCUT2D eigenvalue weighted by atomic mass is 10.3. The average Bonchev–Trinajstić information content (AvgIpc) is 2.67. The van der Waals surface area contributed by atoms with Gasteiger partial charge < -0.3 is 0 Å². The van der Waals surface area contributed by atoms with E-state index in [9.17, 15) is 0 Å². The highest BCUT2D eigenvalue weighted by Gasteiger charge is 2.19. The summed E-state index contributed by atoms with van der Waals surface area (Å²) in [5.41, 5.74) is 1.13. The predicted molar refractivity (Wildman–Crippen MR) is 66.5 cm³/mol. The van der Waals surface area contributed by atoms with Crippen molar-refractivity contribution in [1.82, 2.24) is 9.78 Å². The fourth-order valence-corrected chi connectivity index (χ4v) is 2.43. The summed E-state index contributed by atoms with van der Waals surface area (Å²) in [5, 5.41) is 5.89. The van der Waals surface area contributed by atoms with Gasteiger partial charge >= 0.3 is 0 Å². The molecule has 0 fully saturated rings. The average molecular weight is 216 g/mol. The summed E-state index contributed by atoms with van der Waals surface area (Å²) in [6.45, 7) is 6.93. The van der Waals surface area contributed by atoms with E-state index in [1.54, 1.807) is 0 Å². The van der Waals surface area contributed by atoms with Crippen LogP contribution in [0.1, 0.15) is 0 Å². The van der Waals surface area contributed by atoms with Gasteiger partial charge in [0.15, 0.2) is 0 Å². The van der Waals surface area contributed by atoms with E-state index in [0.717, 1.165) is 5.69 Å².